The maximum Gasteiger partial charge on any atom is 0.437 e. The van der Waals surface area contributed by atoms with E-state index in [1.807, 2.05) is 12.1 Å². The summed E-state index contributed by atoms with van der Waals surface area (Å²) in [5, 5.41) is 25.9. The quantitative estimate of drug-likeness (QED) is 0.418. The fraction of sp³-hybridized carbons (Fsp3) is 0.400. The van der Waals surface area contributed by atoms with Crippen molar-refractivity contribution >= 4 is 11.8 Å². The zero-order valence-electron chi connectivity index (χ0n) is 23.3. The van der Waals surface area contributed by atoms with Gasteiger partial charge in [-0.1, -0.05) is 19.1 Å². The van der Waals surface area contributed by atoms with Crippen LogP contribution in [0.3, 0.4) is 0 Å². The van der Waals surface area contributed by atoms with E-state index in [-0.39, 0.29) is 30.9 Å². The van der Waals surface area contributed by atoms with Gasteiger partial charge in [-0.3, -0.25) is 9.59 Å². The second-order valence-corrected chi connectivity index (χ2v) is 11.1. The molecule has 0 radical (unpaired) electrons. The molecule has 0 spiro atoms. The van der Waals surface area contributed by atoms with Gasteiger partial charge in [-0.05, 0) is 48.6 Å². The molecule has 1 aromatic carbocycles. The van der Waals surface area contributed by atoms with Gasteiger partial charge >= 0.3 is 6.18 Å². The second-order valence-electron chi connectivity index (χ2n) is 11.1. The largest absolute Gasteiger partial charge is 0.506 e. The summed E-state index contributed by atoms with van der Waals surface area (Å²) >= 11 is 0. The maximum atomic E-state index is 13.8. The lowest BCUT2D eigenvalue weighted by molar-refractivity contribution is -0.142. The molecular formula is C30H30F3N5O5. The summed E-state index contributed by atoms with van der Waals surface area (Å²) in [7, 11) is 1.49. The summed E-state index contributed by atoms with van der Waals surface area (Å²) < 4.78 is 47.0. The topological polar surface area (TPSA) is 121 Å². The molecule has 3 aliphatic rings. The molecule has 2 unspecified atom stereocenters. The number of phenolic OH excluding ortho intramolecular Hbond substituents is 1. The predicted molar refractivity (Wildman–Crippen MR) is 147 cm³/mol. The Kier molecular flexibility index (Phi) is 7.15. The number of rotatable bonds is 5. The van der Waals surface area contributed by atoms with Crippen LogP contribution in [0.1, 0.15) is 75.9 Å². The number of halogens is 3. The third-order valence-corrected chi connectivity index (χ3v) is 8.65. The molecule has 13 heteroatoms. The van der Waals surface area contributed by atoms with Crippen LogP contribution in [0.2, 0.25) is 0 Å². The van der Waals surface area contributed by atoms with E-state index < -0.39 is 41.6 Å². The molecule has 3 aromatic rings. The summed E-state index contributed by atoms with van der Waals surface area (Å²) in [4.78, 5) is 32.9. The molecule has 2 amide bonds. The summed E-state index contributed by atoms with van der Waals surface area (Å²) in [6.45, 7) is 3.85. The first-order chi connectivity index (χ1) is 20.5. The van der Waals surface area contributed by atoms with Gasteiger partial charge in [-0.2, -0.15) is 18.3 Å². The van der Waals surface area contributed by atoms with Crippen LogP contribution in [0.5, 0.6) is 11.5 Å². The number of carbonyl (C=O) groups excluding carboxylic acids is 2. The lowest BCUT2D eigenvalue weighted by atomic mass is 9.80. The molecule has 4 heterocycles. The van der Waals surface area contributed by atoms with Gasteiger partial charge in [0.25, 0.3) is 5.91 Å². The Balaban J connectivity index is 1.44. The lowest BCUT2D eigenvalue weighted by Crippen LogP contribution is -2.46. The molecule has 2 N–H and O–H groups in total. The Labute approximate surface area is 245 Å². The summed E-state index contributed by atoms with van der Waals surface area (Å²) in [5.41, 5.74) is 1.64. The highest BCUT2D eigenvalue weighted by molar-refractivity contribution is 5.95. The highest BCUT2D eigenvalue weighted by atomic mass is 19.4. The Bertz CT molecular complexity index is 1620. The van der Waals surface area contributed by atoms with Gasteiger partial charge in [-0.25, -0.2) is 9.67 Å². The standard InChI is InChI=1S/C30H30F3N5O5/c1-3-25(41)36-14-21-26-20(9-10-37(21)29(42)18-12-23(40)28(34-13-18)30(31,32)33)38(35-27(26)24(15-36)43-2)19-8-7-17(11-22(19)39)16-5-4-6-16/h3,7-8,11-13,16,21,24,39-40H,1,4-6,9-10,14-15H2,2H3. The number of hydrogen-bond donors (Lipinski definition) is 2. The summed E-state index contributed by atoms with van der Waals surface area (Å²) in [5.74, 6) is -1.73. The average molecular weight is 598 g/mol. The molecule has 2 aromatic heterocycles. The minimum absolute atomic E-state index is 0.0365. The van der Waals surface area contributed by atoms with E-state index in [1.165, 1.54) is 16.9 Å². The van der Waals surface area contributed by atoms with Crippen molar-refractivity contribution in [1.82, 2.24) is 24.6 Å². The minimum atomic E-state index is -4.89. The number of pyridine rings is 1. The molecule has 10 nitrogen and oxygen atoms in total. The summed E-state index contributed by atoms with van der Waals surface area (Å²) in [6.07, 6.45) is -0.0163. The molecule has 1 saturated carbocycles. The molecule has 0 bridgehead atoms. The van der Waals surface area contributed by atoms with Gasteiger partial charge in [0.2, 0.25) is 5.91 Å². The first kappa shape index (κ1) is 28.7. The Morgan fingerprint density at radius 2 is 1.91 bits per heavy atom. The second kappa shape index (κ2) is 10.7. The molecule has 2 atom stereocenters. The van der Waals surface area contributed by atoms with Gasteiger partial charge in [0.1, 0.15) is 23.3 Å². The van der Waals surface area contributed by atoms with E-state index in [0.717, 1.165) is 48.9 Å². The van der Waals surface area contributed by atoms with Crippen molar-refractivity contribution < 1.29 is 37.7 Å². The van der Waals surface area contributed by atoms with Crippen LogP contribution in [0.25, 0.3) is 5.69 Å². The number of aromatic nitrogens is 3. The van der Waals surface area contributed by atoms with Crippen molar-refractivity contribution in [2.24, 2.45) is 0 Å². The highest BCUT2D eigenvalue weighted by Crippen LogP contribution is 2.43. The van der Waals surface area contributed by atoms with Crippen molar-refractivity contribution in [2.75, 3.05) is 26.7 Å². The van der Waals surface area contributed by atoms with Crippen LogP contribution in [-0.4, -0.2) is 73.3 Å². The minimum Gasteiger partial charge on any atom is -0.506 e. The number of phenols is 1. The molecular weight excluding hydrogens is 567 g/mol. The van der Waals surface area contributed by atoms with Crippen LogP contribution in [0, 0.1) is 0 Å². The van der Waals surface area contributed by atoms with Crippen LogP contribution in [0.4, 0.5) is 13.2 Å². The molecule has 6 rings (SSSR count). The number of benzene rings is 1. The Hall–Kier alpha value is -4.39. The summed E-state index contributed by atoms with van der Waals surface area (Å²) in [6, 6.07) is 5.56. The van der Waals surface area contributed by atoms with Gasteiger partial charge in [0.15, 0.2) is 5.69 Å². The fourth-order valence-electron chi connectivity index (χ4n) is 6.23. The molecule has 1 fully saturated rings. The SMILES string of the molecule is C=CC(=O)N1CC(OC)c2nn(-c3ccc(C4CCC4)cc3O)c3c2C(C1)N(C(=O)c1cnc(C(F)(F)F)c(O)c1)CC3. The first-order valence-electron chi connectivity index (χ1n) is 14.0. The van der Waals surface area contributed by atoms with E-state index >= 15 is 0 Å². The molecule has 43 heavy (non-hydrogen) atoms. The number of aromatic hydroxyl groups is 2. The zero-order chi connectivity index (χ0) is 30.6. The van der Waals surface area contributed by atoms with E-state index in [1.54, 1.807) is 10.7 Å². The van der Waals surface area contributed by atoms with Crippen molar-refractivity contribution in [3.8, 4) is 17.2 Å². The monoisotopic (exact) mass is 597 g/mol. The van der Waals surface area contributed by atoms with Gasteiger partial charge in [0.05, 0.1) is 29.5 Å². The molecule has 0 saturated heterocycles. The van der Waals surface area contributed by atoms with Gasteiger partial charge in [0, 0.05) is 38.4 Å². The number of amides is 2. The highest BCUT2D eigenvalue weighted by Gasteiger charge is 2.44. The first-order valence-corrected chi connectivity index (χ1v) is 14.0. The van der Waals surface area contributed by atoms with Crippen molar-refractivity contribution in [3.63, 3.8) is 0 Å². The lowest BCUT2D eigenvalue weighted by Gasteiger charge is -2.37. The number of ether oxygens (including phenoxy) is 1. The number of hydrogen-bond acceptors (Lipinski definition) is 7. The third kappa shape index (κ3) is 4.90. The van der Waals surface area contributed by atoms with Crippen molar-refractivity contribution in [2.45, 2.75) is 49.9 Å². The zero-order valence-corrected chi connectivity index (χ0v) is 23.3. The smallest absolute Gasteiger partial charge is 0.437 e. The molecule has 1 aliphatic carbocycles. The fourth-order valence-corrected chi connectivity index (χ4v) is 6.23. The molecule has 2 aliphatic heterocycles. The van der Waals surface area contributed by atoms with E-state index in [2.05, 4.69) is 11.6 Å². The van der Waals surface area contributed by atoms with Crippen LogP contribution in [-0.2, 0) is 22.1 Å². The van der Waals surface area contributed by atoms with Crippen molar-refractivity contribution in [1.29, 1.82) is 0 Å². The predicted octanol–water partition coefficient (Wildman–Crippen LogP) is 4.42. The van der Waals surface area contributed by atoms with Crippen LogP contribution in [0.15, 0.2) is 43.1 Å². The normalized spacial score (nSPS) is 20.3. The number of nitrogens with zero attached hydrogens (tertiary/aromatic N) is 5. The van der Waals surface area contributed by atoms with Crippen molar-refractivity contribution in [3.05, 3.63) is 76.9 Å². The average Bonchev–Trinajstić information content (AvgIpc) is 3.23. The van der Waals surface area contributed by atoms with E-state index in [0.29, 0.717) is 29.3 Å². The molecule has 226 valence electrons. The number of carbonyl (C=O) groups is 2. The Morgan fingerprint density at radius 1 is 1.14 bits per heavy atom. The van der Waals surface area contributed by atoms with Gasteiger partial charge < -0.3 is 24.7 Å². The third-order valence-electron chi connectivity index (χ3n) is 8.65. The van der Waals surface area contributed by atoms with E-state index in [9.17, 15) is 33.0 Å². The van der Waals surface area contributed by atoms with Gasteiger partial charge in [-0.15, -0.1) is 0 Å². The maximum absolute atomic E-state index is 13.8. The Morgan fingerprint density at radius 3 is 2.51 bits per heavy atom. The number of alkyl halides is 3. The van der Waals surface area contributed by atoms with E-state index in [4.69, 9.17) is 9.84 Å². The van der Waals surface area contributed by atoms with Crippen LogP contribution < -0.4 is 0 Å². The number of methoxy groups -OCH3 is 1. The van der Waals surface area contributed by atoms with Crippen LogP contribution >= 0.6 is 0 Å².